The van der Waals surface area contributed by atoms with Crippen molar-refractivity contribution in [2.24, 2.45) is 0 Å². The van der Waals surface area contributed by atoms with Gasteiger partial charge in [-0.05, 0) is 73.2 Å². The Labute approximate surface area is 211 Å². The Hall–Kier alpha value is -4.60. The summed E-state index contributed by atoms with van der Waals surface area (Å²) in [6.07, 6.45) is -0.358. The highest BCUT2D eigenvalue weighted by molar-refractivity contribution is 6.22. The lowest BCUT2D eigenvalue weighted by Crippen LogP contribution is -2.37. The fourth-order valence-corrected chi connectivity index (χ4v) is 3.92. The van der Waals surface area contributed by atoms with E-state index >= 15 is 0 Å². The lowest BCUT2D eigenvalue weighted by atomic mass is 10.1. The SMILES string of the molecule is CCOC(=O)c1ccc(NC(=O)C[C@H]2C(=O)N(c3ccc(F)cc3)C(=O)N2Cc2ccc(F)cc2)cc1. The third-order valence-electron chi connectivity index (χ3n) is 5.73. The number of ether oxygens (including phenoxy) is 1. The van der Waals surface area contributed by atoms with E-state index in [0.717, 1.165) is 17.0 Å². The summed E-state index contributed by atoms with van der Waals surface area (Å²) in [5, 5.41) is 2.66. The summed E-state index contributed by atoms with van der Waals surface area (Å²) in [4.78, 5) is 53.4. The predicted molar refractivity (Wildman–Crippen MR) is 131 cm³/mol. The summed E-state index contributed by atoms with van der Waals surface area (Å²) in [7, 11) is 0. The maximum atomic E-state index is 13.4. The van der Waals surface area contributed by atoms with Gasteiger partial charge in [0, 0.05) is 12.2 Å². The van der Waals surface area contributed by atoms with Crippen molar-refractivity contribution >= 4 is 35.2 Å². The Morgan fingerprint density at radius 3 is 2.08 bits per heavy atom. The van der Waals surface area contributed by atoms with Crippen molar-refractivity contribution in [3.05, 3.63) is 95.6 Å². The Bertz CT molecular complexity index is 1310. The summed E-state index contributed by atoms with van der Waals surface area (Å²) in [5.41, 5.74) is 1.42. The molecule has 3 aromatic rings. The number of hydrogen-bond donors (Lipinski definition) is 1. The van der Waals surface area contributed by atoms with Crippen molar-refractivity contribution in [2.45, 2.75) is 25.9 Å². The number of urea groups is 1. The van der Waals surface area contributed by atoms with Gasteiger partial charge in [0.05, 0.1) is 24.3 Å². The molecule has 1 fully saturated rings. The van der Waals surface area contributed by atoms with Crippen LogP contribution in [0.3, 0.4) is 0 Å². The number of imide groups is 1. The summed E-state index contributed by atoms with van der Waals surface area (Å²) < 4.78 is 31.7. The van der Waals surface area contributed by atoms with E-state index in [9.17, 15) is 28.0 Å². The molecule has 1 atom stereocenters. The average Bonchev–Trinajstić information content (AvgIpc) is 3.10. The monoisotopic (exact) mass is 507 g/mol. The molecule has 1 heterocycles. The normalized spacial score (nSPS) is 15.2. The molecule has 4 rings (SSSR count). The molecule has 4 amide bonds. The van der Waals surface area contributed by atoms with Crippen LogP contribution in [0, 0.1) is 11.6 Å². The number of nitrogens with one attached hydrogen (secondary N) is 1. The minimum Gasteiger partial charge on any atom is -0.462 e. The highest BCUT2D eigenvalue weighted by Gasteiger charge is 2.46. The molecule has 1 aliphatic rings. The van der Waals surface area contributed by atoms with E-state index in [2.05, 4.69) is 5.32 Å². The minimum atomic E-state index is -1.15. The largest absolute Gasteiger partial charge is 0.462 e. The first-order valence-corrected chi connectivity index (χ1v) is 11.5. The molecule has 0 unspecified atom stereocenters. The van der Waals surface area contributed by atoms with Crippen molar-refractivity contribution in [3.8, 4) is 0 Å². The van der Waals surface area contributed by atoms with Gasteiger partial charge in [0.25, 0.3) is 5.91 Å². The third-order valence-corrected chi connectivity index (χ3v) is 5.73. The first-order valence-electron chi connectivity index (χ1n) is 11.5. The standard InChI is InChI=1S/C27H23F2N3O5/c1-2-37-26(35)18-5-11-21(12-6-18)30-24(33)15-23-25(34)32(22-13-9-20(29)10-14-22)27(36)31(23)16-17-3-7-19(28)8-4-17/h3-14,23H,2,15-16H2,1H3,(H,30,33)/t23-/m0/s1. The predicted octanol–water partition coefficient (Wildman–Crippen LogP) is 4.51. The smallest absolute Gasteiger partial charge is 0.338 e. The molecular formula is C27H23F2N3O5. The third kappa shape index (κ3) is 5.80. The van der Waals surface area contributed by atoms with E-state index in [1.165, 1.54) is 65.6 Å². The van der Waals surface area contributed by atoms with Gasteiger partial charge in [-0.25, -0.2) is 23.3 Å². The second kappa shape index (κ2) is 11.0. The fraction of sp³-hybridized carbons (Fsp3) is 0.185. The Kier molecular flexibility index (Phi) is 7.57. The Balaban J connectivity index is 1.54. The van der Waals surface area contributed by atoms with Crippen molar-refractivity contribution in [2.75, 3.05) is 16.8 Å². The Morgan fingerprint density at radius 2 is 1.49 bits per heavy atom. The van der Waals surface area contributed by atoms with Crippen LogP contribution < -0.4 is 10.2 Å². The molecular weight excluding hydrogens is 484 g/mol. The van der Waals surface area contributed by atoms with Crippen molar-refractivity contribution in [3.63, 3.8) is 0 Å². The molecule has 1 aliphatic heterocycles. The number of hydrogen-bond acceptors (Lipinski definition) is 5. The number of amides is 4. The molecule has 37 heavy (non-hydrogen) atoms. The van der Waals surface area contributed by atoms with Crippen LogP contribution >= 0.6 is 0 Å². The van der Waals surface area contributed by atoms with E-state index in [1.54, 1.807) is 6.92 Å². The van der Waals surface area contributed by atoms with E-state index in [4.69, 9.17) is 4.74 Å². The zero-order valence-electron chi connectivity index (χ0n) is 19.8. The van der Waals surface area contributed by atoms with Crippen LogP contribution in [0.5, 0.6) is 0 Å². The molecule has 0 aliphatic carbocycles. The van der Waals surface area contributed by atoms with E-state index in [0.29, 0.717) is 16.8 Å². The number of anilines is 2. The quantitative estimate of drug-likeness (QED) is 0.358. The van der Waals surface area contributed by atoms with Gasteiger partial charge in [-0.15, -0.1) is 0 Å². The Morgan fingerprint density at radius 1 is 0.892 bits per heavy atom. The summed E-state index contributed by atoms with van der Waals surface area (Å²) in [5.74, 6) is -2.67. The van der Waals surface area contributed by atoms with Gasteiger partial charge in [-0.2, -0.15) is 0 Å². The first kappa shape index (κ1) is 25.5. The number of nitrogens with zero attached hydrogens (tertiary/aromatic N) is 2. The van der Waals surface area contributed by atoms with Gasteiger partial charge >= 0.3 is 12.0 Å². The van der Waals surface area contributed by atoms with Crippen LogP contribution in [0.15, 0.2) is 72.8 Å². The van der Waals surface area contributed by atoms with Gasteiger partial charge < -0.3 is 15.0 Å². The molecule has 0 bridgehead atoms. The van der Waals surface area contributed by atoms with E-state index in [-0.39, 0.29) is 25.3 Å². The molecule has 1 saturated heterocycles. The van der Waals surface area contributed by atoms with Gasteiger partial charge in [-0.1, -0.05) is 12.1 Å². The number of carbonyl (C=O) groups excluding carboxylic acids is 4. The topological polar surface area (TPSA) is 96.0 Å². The molecule has 190 valence electrons. The van der Waals surface area contributed by atoms with Crippen molar-refractivity contribution in [1.29, 1.82) is 0 Å². The lowest BCUT2D eigenvalue weighted by molar-refractivity contribution is -0.124. The van der Waals surface area contributed by atoms with Gasteiger partial charge in [0.2, 0.25) is 5.91 Å². The zero-order valence-corrected chi connectivity index (χ0v) is 19.8. The van der Waals surface area contributed by atoms with Crippen LogP contribution in [0.1, 0.15) is 29.3 Å². The maximum absolute atomic E-state index is 13.4. The molecule has 0 aromatic heterocycles. The van der Waals surface area contributed by atoms with Crippen LogP contribution in [0.25, 0.3) is 0 Å². The summed E-state index contributed by atoms with van der Waals surface area (Å²) in [6.45, 7) is 1.88. The second-order valence-electron chi connectivity index (χ2n) is 8.25. The average molecular weight is 507 g/mol. The van der Waals surface area contributed by atoms with Gasteiger partial charge in [0.1, 0.15) is 17.7 Å². The number of carbonyl (C=O) groups is 4. The molecule has 0 spiro atoms. The maximum Gasteiger partial charge on any atom is 0.338 e. The van der Waals surface area contributed by atoms with Gasteiger partial charge in [0.15, 0.2) is 0 Å². The van der Waals surface area contributed by atoms with Crippen molar-refractivity contribution < 1.29 is 32.7 Å². The molecule has 0 radical (unpaired) electrons. The molecule has 10 heteroatoms. The first-order chi connectivity index (χ1) is 17.8. The zero-order chi connectivity index (χ0) is 26.5. The molecule has 3 aromatic carbocycles. The molecule has 1 N–H and O–H groups in total. The highest BCUT2D eigenvalue weighted by atomic mass is 19.1. The number of halogens is 2. The minimum absolute atomic E-state index is 0.0469. The molecule has 0 saturated carbocycles. The van der Waals surface area contributed by atoms with Crippen LogP contribution in [-0.2, 0) is 20.9 Å². The fourth-order valence-electron chi connectivity index (χ4n) is 3.92. The lowest BCUT2D eigenvalue weighted by Gasteiger charge is -2.21. The van der Waals surface area contributed by atoms with E-state index < -0.39 is 41.5 Å². The summed E-state index contributed by atoms with van der Waals surface area (Å²) in [6, 6.07) is 14.5. The molecule has 8 nitrogen and oxygen atoms in total. The van der Waals surface area contributed by atoms with Crippen LogP contribution in [-0.4, -0.2) is 41.4 Å². The van der Waals surface area contributed by atoms with Gasteiger partial charge in [-0.3, -0.25) is 9.59 Å². The highest BCUT2D eigenvalue weighted by Crippen LogP contribution is 2.29. The summed E-state index contributed by atoms with van der Waals surface area (Å²) >= 11 is 0. The number of esters is 1. The van der Waals surface area contributed by atoms with Crippen LogP contribution in [0.2, 0.25) is 0 Å². The van der Waals surface area contributed by atoms with E-state index in [1.807, 2.05) is 0 Å². The van der Waals surface area contributed by atoms with Crippen LogP contribution in [0.4, 0.5) is 25.0 Å². The number of benzene rings is 3. The van der Waals surface area contributed by atoms with Crippen molar-refractivity contribution in [1.82, 2.24) is 4.90 Å². The number of rotatable bonds is 8. The second-order valence-corrected chi connectivity index (χ2v) is 8.25.